The lowest BCUT2D eigenvalue weighted by Gasteiger charge is -2.53. The molecule has 1 aliphatic heterocycles. The van der Waals surface area contributed by atoms with Crippen LogP contribution in [-0.4, -0.2) is 44.5 Å². The predicted molar refractivity (Wildman–Crippen MR) is 109 cm³/mol. The smallest absolute Gasteiger partial charge is 0.222 e. The summed E-state index contributed by atoms with van der Waals surface area (Å²) in [6.07, 6.45) is 3.29. The quantitative estimate of drug-likeness (QED) is 0.761. The van der Waals surface area contributed by atoms with E-state index >= 15 is 0 Å². The maximum atomic E-state index is 12.6. The van der Waals surface area contributed by atoms with Crippen LogP contribution in [-0.2, 0) is 14.3 Å². The second-order valence-corrected chi connectivity index (χ2v) is 9.48. The normalized spacial score (nSPS) is 34.6. The molecule has 2 N–H and O–H groups in total. The number of phenols is 1. The van der Waals surface area contributed by atoms with E-state index in [1.807, 2.05) is 12.1 Å². The summed E-state index contributed by atoms with van der Waals surface area (Å²) in [6, 6.07) is 5.70. The first-order chi connectivity index (χ1) is 13.8. The number of benzene rings is 1. The Balaban J connectivity index is 1.66. The molecule has 2 bridgehead atoms. The summed E-state index contributed by atoms with van der Waals surface area (Å²) in [5.41, 5.74) is 0.829. The van der Waals surface area contributed by atoms with Crippen LogP contribution >= 0.6 is 0 Å². The molecule has 3 fully saturated rings. The second-order valence-electron chi connectivity index (χ2n) is 9.48. The highest BCUT2D eigenvalue weighted by molar-refractivity contribution is 5.76. The molecule has 1 amide bonds. The zero-order chi connectivity index (χ0) is 20.8. The monoisotopic (exact) mass is 403 g/mol. The highest BCUT2D eigenvalue weighted by atomic mass is 16.5. The number of hydrogen-bond acceptors (Lipinski definition) is 5. The lowest BCUT2D eigenvalue weighted by molar-refractivity contribution is -0.138. The largest absolute Gasteiger partial charge is 0.504 e. The van der Waals surface area contributed by atoms with Gasteiger partial charge in [0.1, 0.15) is 0 Å². The van der Waals surface area contributed by atoms with Gasteiger partial charge >= 0.3 is 0 Å². The third kappa shape index (κ3) is 3.12. The van der Waals surface area contributed by atoms with Crippen molar-refractivity contribution in [2.45, 2.75) is 51.7 Å². The molecule has 6 heteroatoms. The van der Waals surface area contributed by atoms with Gasteiger partial charge in [0.15, 0.2) is 11.5 Å². The van der Waals surface area contributed by atoms with E-state index in [0.29, 0.717) is 31.3 Å². The molecule has 2 saturated carbocycles. The molecule has 1 aromatic carbocycles. The van der Waals surface area contributed by atoms with Gasteiger partial charge in [-0.1, -0.05) is 26.0 Å². The van der Waals surface area contributed by atoms with E-state index in [0.717, 1.165) is 24.8 Å². The van der Waals surface area contributed by atoms with E-state index in [9.17, 15) is 9.90 Å². The molecule has 0 radical (unpaired) electrons. The minimum Gasteiger partial charge on any atom is -0.504 e. The molecule has 0 aromatic heterocycles. The van der Waals surface area contributed by atoms with Crippen molar-refractivity contribution >= 4 is 5.91 Å². The minimum absolute atomic E-state index is 0.00463. The second kappa shape index (κ2) is 7.47. The SMILES string of the molecule is COCCC(=O)N[C@@H]1C(C)(C)[C@@H]2C[C@@H]3[C@@H](c4cccc(OC)c4O)OCC[C@@]31C2. The van der Waals surface area contributed by atoms with Crippen LogP contribution in [0.25, 0.3) is 0 Å². The van der Waals surface area contributed by atoms with E-state index in [4.69, 9.17) is 14.2 Å². The Labute approximate surface area is 172 Å². The number of amides is 1. The highest BCUT2D eigenvalue weighted by Gasteiger charge is 2.68. The topological polar surface area (TPSA) is 77.0 Å². The zero-order valence-electron chi connectivity index (χ0n) is 17.9. The van der Waals surface area contributed by atoms with E-state index in [2.05, 4.69) is 19.2 Å². The Kier molecular flexibility index (Phi) is 5.28. The van der Waals surface area contributed by atoms with E-state index in [1.54, 1.807) is 20.3 Å². The molecule has 1 saturated heterocycles. The summed E-state index contributed by atoms with van der Waals surface area (Å²) < 4.78 is 16.6. The summed E-state index contributed by atoms with van der Waals surface area (Å²) in [5, 5.41) is 14.1. The summed E-state index contributed by atoms with van der Waals surface area (Å²) in [4.78, 5) is 12.6. The summed E-state index contributed by atoms with van der Waals surface area (Å²) in [6.45, 7) is 5.64. The van der Waals surface area contributed by atoms with Gasteiger partial charge < -0.3 is 24.6 Å². The third-order valence-corrected chi connectivity index (χ3v) is 7.90. The van der Waals surface area contributed by atoms with Gasteiger partial charge in [0.05, 0.1) is 19.8 Å². The number of aromatic hydroxyl groups is 1. The van der Waals surface area contributed by atoms with E-state index in [1.165, 1.54) is 0 Å². The molecule has 4 rings (SSSR count). The van der Waals surface area contributed by atoms with Gasteiger partial charge in [0.25, 0.3) is 0 Å². The zero-order valence-corrected chi connectivity index (χ0v) is 17.9. The van der Waals surface area contributed by atoms with Crippen LogP contribution in [0.1, 0.15) is 51.2 Å². The fraction of sp³-hybridized carbons (Fsp3) is 0.696. The number of carbonyl (C=O) groups is 1. The number of hydrogen-bond donors (Lipinski definition) is 2. The molecular formula is C23H33NO5. The fourth-order valence-electron chi connectivity index (χ4n) is 6.46. The van der Waals surface area contributed by atoms with E-state index < -0.39 is 0 Å². The number of rotatable bonds is 6. The standard InChI is InChI=1S/C23H33NO5/c1-22(2)14-12-16-20(15-6-5-7-17(28-4)19(15)26)29-11-9-23(16,13-14)21(22)24-18(25)8-10-27-3/h5-7,14,16,20-21,26H,8-13H2,1-4H3,(H,24,25)/t14-,16-,20-,21-,23-/m1/s1. The van der Waals surface area contributed by atoms with Crippen LogP contribution in [0.5, 0.6) is 11.5 Å². The lowest BCUT2D eigenvalue weighted by atomic mass is 9.58. The molecule has 29 heavy (non-hydrogen) atoms. The van der Waals surface area contributed by atoms with Gasteiger partial charge in [-0.05, 0) is 48.0 Å². The molecular weight excluding hydrogens is 370 g/mol. The average molecular weight is 404 g/mol. The number of para-hydroxylation sites is 1. The minimum atomic E-state index is -0.182. The molecule has 1 aromatic rings. The molecule has 160 valence electrons. The Bertz CT molecular complexity index is 779. The lowest BCUT2D eigenvalue weighted by Crippen LogP contribution is -2.59. The van der Waals surface area contributed by atoms with Crippen molar-refractivity contribution in [2.24, 2.45) is 22.7 Å². The van der Waals surface area contributed by atoms with Gasteiger partial charge in [-0.15, -0.1) is 0 Å². The van der Waals surface area contributed by atoms with Crippen LogP contribution in [0, 0.1) is 22.7 Å². The van der Waals surface area contributed by atoms with Crippen molar-refractivity contribution in [3.05, 3.63) is 23.8 Å². The average Bonchev–Trinajstić information content (AvgIpc) is 3.19. The number of nitrogens with one attached hydrogen (secondary N) is 1. The molecule has 6 nitrogen and oxygen atoms in total. The van der Waals surface area contributed by atoms with Crippen LogP contribution in [0.15, 0.2) is 18.2 Å². The Morgan fingerprint density at radius 2 is 2.14 bits per heavy atom. The predicted octanol–water partition coefficient (Wildman–Crippen LogP) is 3.44. The molecule has 0 unspecified atom stereocenters. The van der Waals surface area contributed by atoms with Gasteiger partial charge in [0, 0.05) is 31.7 Å². The molecule has 3 aliphatic rings. The first-order valence-corrected chi connectivity index (χ1v) is 10.6. The maximum Gasteiger partial charge on any atom is 0.222 e. The van der Waals surface area contributed by atoms with E-state index in [-0.39, 0.29) is 40.6 Å². The van der Waals surface area contributed by atoms with Gasteiger partial charge in [-0.2, -0.15) is 0 Å². The van der Waals surface area contributed by atoms with Crippen molar-refractivity contribution < 1.29 is 24.1 Å². The summed E-state index contributed by atoms with van der Waals surface area (Å²) in [5.74, 6) is 1.48. The van der Waals surface area contributed by atoms with Gasteiger partial charge in [-0.25, -0.2) is 0 Å². The van der Waals surface area contributed by atoms with Crippen molar-refractivity contribution in [2.75, 3.05) is 27.4 Å². The van der Waals surface area contributed by atoms with Crippen LogP contribution < -0.4 is 10.1 Å². The summed E-state index contributed by atoms with van der Waals surface area (Å²) in [7, 11) is 3.18. The molecule has 1 heterocycles. The van der Waals surface area contributed by atoms with Crippen molar-refractivity contribution in [1.82, 2.24) is 5.32 Å². The number of carbonyl (C=O) groups excluding carboxylic acids is 1. The molecule has 5 atom stereocenters. The Morgan fingerprint density at radius 3 is 2.86 bits per heavy atom. The van der Waals surface area contributed by atoms with Crippen molar-refractivity contribution in [3.63, 3.8) is 0 Å². The third-order valence-electron chi connectivity index (χ3n) is 7.90. The van der Waals surface area contributed by atoms with Crippen molar-refractivity contribution in [1.29, 1.82) is 0 Å². The number of methoxy groups -OCH3 is 2. The van der Waals surface area contributed by atoms with Crippen LogP contribution in [0.4, 0.5) is 0 Å². The number of ether oxygens (including phenoxy) is 3. The van der Waals surface area contributed by atoms with Crippen LogP contribution in [0.3, 0.4) is 0 Å². The van der Waals surface area contributed by atoms with Crippen molar-refractivity contribution in [3.8, 4) is 11.5 Å². The maximum absolute atomic E-state index is 12.6. The molecule has 2 aliphatic carbocycles. The van der Waals surface area contributed by atoms with Gasteiger partial charge in [0.2, 0.25) is 5.91 Å². The Hall–Kier alpha value is -1.79. The van der Waals surface area contributed by atoms with Crippen LogP contribution in [0.2, 0.25) is 0 Å². The highest BCUT2D eigenvalue weighted by Crippen LogP contribution is 2.70. The first-order valence-electron chi connectivity index (χ1n) is 10.6. The summed E-state index contributed by atoms with van der Waals surface area (Å²) >= 11 is 0. The molecule has 1 spiro atoms. The van der Waals surface area contributed by atoms with Gasteiger partial charge in [-0.3, -0.25) is 4.79 Å². The first kappa shape index (κ1) is 20.5. The number of phenolic OH excluding ortho intramolecular Hbond substituents is 1. The fourth-order valence-corrected chi connectivity index (χ4v) is 6.46. The Morgan fingerprint density at radius 1 is 1.34 bits per heavy atom. The number of fused-ring (bicyclic) bond motifs is 1.